The van der Waals surface area contributed by atoms with Gasteiger partial charge in [-0.3, -0.25) is 9.69 Å². The van der Waals surface area contributed by atoms with Gasteiger partial charge in [0.15, 0.2) is 11.0 Å². The lowest BCUT2D eigenvalue weighted by Gasteiger charge is -2.38. The van der Waals surface area contributed by atoms with Crippen LogP contribution in [0.15, 0.2) is 0 Å². The van der Waals surface area contributed by atoms with Crippen LogP contribution >= 0.6 is 11.6 Å². The summed E-state index contributed by atoms with van der Waals surface area (Å²) in [6, 6.07) is 0. The van der Waals surface area contributed by atoms with Crippen molar-refractivity contribution in [1.82, 2.24) is 25.0 Å². The van der Waals surface area contributed by atoms with Gasteiger partial charge in [-0.15, -0.1) is 10.2 Å². The molecule has 2 aliphatic heterocycles. The number of nitrogens with two attached hydrogens (primary N) is 1. The monoisotopic (exact) mass is 367 g/mol. The van der Waals surface area contributed by atoms with E-state index in [4.69, 9.17) is 17.3 Å². The Balaban J connectivity index is 1.50. The molecule has 1 aromatic heterocycles. The molecule has 3 rings (SSSR count). The standard InChI is InChI=1S/C16H26ClN7O/c1-11-7-12(2)9-24(8-11)13(25)10-22-3-5-23(6-4-22)16-19-15(18)14(17)20-21-16/h11-12H,3-10H2,1-2H3,(H2,18,19,21). The molecule has 9 heteroatoms. The second-order valence-electron chi connectivity index (χ2n) is 7.30. The molecule has 2 N–H and O–H groups in total. The van der Waals surface area contributed by atoms with E-state index in [2.05, 4.69) is 33.9 Å². The van der Waals surface area contributed by atoms with E-state index in [1.54, 1.807) is 0 Å². The Bertz CT molecular complexity index is 611. The van der Waals surface area contributed by atoms with Crippen LogP contribution in [0.3, 0.4) is 0 Å². The van der Waals surface area contributed by atoms with Gasteiger partial charge < -0.3 is 15.5 Å². The molecule has 2 saturated heterocycles. The van der Waals surface area contributed by atoms with Crippen molar-refractivity contribution >= 4 is 29.3 Å². The van der Waals surface area contributed by atoms with Crippen LogP contribution < -0.4 is 10.6 Å². The third-order valence-electron chi connectivity index (χ3n) is 4.89. The Kier molecular flexibility index (Phi) is 5.58. The van der Waals surface area contributed by atoms with Gasteiger partial charge >= 0.3 is 0 Å². The number of rotatable bonds is 3. The lowest BCUT2D eigenvalue weighted by molar-refractivity contribution is -0.135. The molecule has 1 aromatic rings. The lowest BCUT2D eigenvalue weighted by Crippen LogP contribution is -2.52. The summed E-state index contributed by atoms with van der Waals surface area (Å²) in [5.41, 5.74) is 5.69. The van der Waals surface area contributed by atoms with E-state index in [0.29, 0.717) is 24.3 Å². The number of aromatic nitrogens is 3. The highest BCUT2D eigenvalue weighted by atomic mass is 35.5. The summed E-state index contributed by atoms with van der Waals surface area (Å²) in [6.07, 6.45) is 1.21. The summed E-state index contributed by atoms with van der Waals surface area (Å²) in [7, 11) is 0. The van der Waals surface area contributed by atoms with Crippen LogP contribution in [-0.2, 0) is 4.79 Å². The lowest BCUT2D eigenvalue weighted by atomic mass is 9.92. The van der Waals surface area contributed by atoms with Gasteiger partial charge in [0.2, 0.25) is 11.9 Å². The molecule has 25 heavy (non-hydrogen) atoms. The van der Waals surface area contributed by atoms with Crippen LogP contribution in [0.25, 0.3) is 0 Å². The topological polar surface area (TPSA) is 91.5 Å². The van der Waals surface area contributed by atoms with Gasteiger partial charge in [0.05, 0.1) is 6.54 Å². The number of halogens is 1. The summed E-state index contributed by atoms with van der Waals surface area (Å²) >= 11 is 5.76. The molecule has 8 nitrogen and oxygen atoms in total. The number of amides is 1. The fourth-order valence-electron chi connectivity index (χ4n) is 3.71. The number of anilines is 2. The van der Waals surface area contributed by atoms with Crippen molar-refractivity contribution in [2.24, 2.45) is 11.8 Å². The Morgan fingerprint density at radius 1 is 1.16 bits per heavy atom. The molecule has 1 amide bonds. The third kappa shape index (κ3) is 4.49. The normalized spacial score (nSPS) is 25.2. The number of likely N-dealkylation sites (tertiary alicyclic amines) is 1. The first-order chi connectivity index (χ1) is 11.9. The van der Waals surface area contributed by atoms with Crippen LogP contribution in [0, 0.1) is 11.8 Å². The first kappa shape index (κ1) is 18.1. The zero-order valence-corrected chi connectivity index (χ0v) is 15.6. The van der Waals surface area contributed by atoms with Crippen molar-refractivity contribution < 1.29 is 4.79 Å². The number of piperazine rings is 1. The van der Waals surface area contributed by atoms with Gasteiger partial charge in [-0.2, -0.15) is 4.98 Å². The van der Waals surface area contributed by atoms with Crippen LogP contribution in [0.2, 0.25) is 5.15 Å². The molecule has 2 unspecified atom stereocenters. The fraction of sp³-hybridized carbons (Fsp3) is 0.750. The summed E-state index contributed by atoms with van der Waals surface area (Å²) in [5.74, 6) is 2.10. The van der Waals surface area contributed by atoms with Crippen LogP contribution in [0.4, 0.5) is 11.8 Å². The Hall–Kier alpha value is -1.67. The predicted molar refractivity (Wildman–Crippen MR) is 97.4 cm³/mol. The first-order valence-corrected chi connectivity index (χ1v) is 9.21. The summed E-state index contributed by atoms with van der Waals surface area (Å²) < 4.78 is 0. The zero-order chi connectivity index (χ0) is 18.0. The van der Waals surface area contributed by atoms with Gasteiger partial charge in [-0.1, -0.05) is 25.4 Å². The van der Waals surface area contributed by atoms with E-state index in [9.17, 15) is 4.79 Å². The molecule has 2 aliphatic rings. The van der Waals surface area contributed by atoms with Crippen molar-refractivity contribution in [1.29, 1.82) is 0 Å². The molecule has 138 valence electrons. The van der Waals surface area contributed by atoms with Crippen LogP contribution in [0.1, 0.15) is 20.3 Å². The minimum absolute atomic E-state index is 0.123. The zero-order valence-electron chi connectivity index (χ0n) is 14.9. The van der Waals surface area contributed by atoms with Gasteiger partial charge in [-0.25, -0.2) is 0 Å². The molecule has 0 aromatic carbocycles. The highest BCUT2D eigenvalue weighted by Crippen LogP contribution is 2.21. The summed E-state index contributed by atoms with van der Waals surface area (Å²) in [4.78, 5) is 23.0. The Morgan fingerprint density at radius 2 is 1.80 bits per heavy atom. The van der Waals surface area contributed by atoms with Gasteiger partial charge in [0, 0.05) is 39.3 Å². The average Bonchev–Trinajstić information content (AvgIpc) is 2.57. The minimum atomic E-state index is 0.123. The average molecular weight is 368 g/mol. The number of nitrogen functional groups attached to an aromatic ring is 1. The van der Waals surface area contributed by atoms with E-state index >= 15 is 0 Å². The SMILES string of the molecule is CC1CC(C)CN(C(=O)CN2CCN(c3nnc(Cl)c(N)n3)CC2)C1. The van der Waals surface area contributed by atoms with Crippen molar-refractivity contribution in [3.8, 4) is 0 Å². The van der Waals surface area contributed by atoms with Gasteiger partial charge in [0.25, 0.3) is 0 Å². The highest BCUT2D eigenvalue weighted by molar-refractivity contribution is 6.31. The fourth-order valence-corrected chi connectivity index (χ4v) is 3.79. The predicted octanol–water partition coefficient (Wildman–Crippen LogP) is 0.734. The van der Waals surface area contributed by atoms with Gasteiger partial charge in [-0.05, 0) is 18.3 Å². The van der Waals surface area contributed by atoms with Crippen molar-refractivity contribution in [2.45, 2.75) is 20.3 Å². The smallest absolute Gasteiger partial charge is 0.247 e. The number of piperidine rings is 1. The molecule has 0 spiro atoms. The van der Waals surface area contributed by atoms with E-state index in [1.165, 1.54) is 6.42 Å². The van der Waals surface area contributed by atoms with Crippen LogP contribution in [-0.4, -0.2) is 76.7 Å². The maximum absolute atomic E-state index is 12.6. The first-order valence-electron chi connectivity index (χ1n) is 8.83. The van der Waals surface area contributed by atoms with E-state index in [0.717, 1.165) is 39.3 Å². The number of carbonyl (C=O) groups excluding carboxylic acids is 1. The maximum atomic E-state index is 12.6. The highest BCUT2D eigenvalue weighted by Gasteiger charge is 2.28. The molecule has 2 fully saturated rings. The molecule has 0 aliphatic carbocycles. The molecular weight excluding hydrogens is 342 g/mol. The quantitative estimate of drug-likeness (QED) is 0.842. The third-order valence-corrected chi connectivity index (χ3v) is 5.16. The maximum Gasteiger partial charge on any atom is 0.247 e. The molecule has 0 saturated carbocycles. The second-order valence-corrected chi connectivity index (χ2v) is 7.65. The molecule has 0 radical (unpaired) electrons. The van der Waals surface area contributed by atoms with E-state index in [1.807, 2.05) is 9.80 Å². The molecule has 2 atom stereocenters. The summed E-state index contributed by atoms with van der Waals surface area (Å²) in [6.45, 7) is 9.74. The Morgan fingerprint density at radius 3 is 2.40 bits per heavy atom. The van der Waals surface area contributed by atoms with E-state index in [-0.39, 0.29) is 16.9 Å². The minimum Gasteiger partial charge on any atom is -0.381 e. The molecular formula is C16H26ClN7O. The largest absolute Gasteiger partial charge is 0.381 e. The molecule has 3 heterocycles. The number of nitrogens with zero attached hydrogens (tertiary/aromatic N) is 6. The number of hydrogen-bond acceptors (Lipinski definition) is 7. The Labute approximate surface area is 153 Å². The van der Waals surface area contributed by atoms with Crippen molar-refractivity contribution in [3.63, 3.8) is 0 Å². The number of carbonyl (C=O) groups is 1. The van der Waals surface area contributed by atoms with Crippen molar-refractivity contribution in [3.05, 3.63) is 5.15 Å². The van der Waals surface area contributed by atoms with E-state index < -0.39 is 0 Å². The number of hydrogen-bond donors (Lipinski definition) is 1. The molecule has 0 bridgehead atoms. The van der Waals surface area contributed by atoms with Crippen LogP contribution in [0.5, 0.6) is 0 Å². The van der Waals surface area contributed by atoms with Crippen molar-refractivity contribution in [2.75, 3.05) is 56.4 Å². The summed E-state index contributed by atoms with van der Waals surface area (Å²) in [5, 5.41) is 7.93. The van der Waals surface area contributed by atoms with Gasteiger partial charge in [0.1, 0.15) is 0 Å². The second kappa shape index (κ2) is 7.70.